The molecule has 0 radical (unpaired) electrons. The van der Waals surface area contributed by atoms with Gasteiger partial charge in [0.1, 0.15) is 5.75 Å². The van der Waals surface area contributed by atoms with E-state index < -0.39 is 0 Å². The van der Waals surface area contributed by atoms with E-state index in [1.54, 1.807) is 24.3 Å². The zero-order valence-corrected chi connectivity index (χ0v) is 13.0. The number of nitrogens with zero attached hydrogens (tertiary/aromatic N) is 1. The molecule has 1 aliphatic heterocycles. The molecule has 0 saturated carbocycles. The van der Waals surface area contributed by atoms with E-state index in [1.165, 1.54) is 0 Å². The second kappa shape index (κ2) is 8.76. The summed E-state index contributed by atoms with van der Waals surface area (Å²) in [5.41, 5.74) is 0.485. The first-order chi connectivity index (χ1) is 10.7. The largest absolute Gasteiger partial charge is 0.506 e. The number of piperidine rings is 1. The van der Waals surface area contributed by atoms with E-state index in [4.69, 9.17) is 5.11 Å². The van der Waals surface area contributed by atoms with Crippen molar-refractivity contribution in [2.24, 2.45) is 5.92 Å². The summed E-state index contributed by atoms with van der Waals surface area (Å²) in [6, 6.07) is 6.82. The summed E-state index contributed by atoms with van der Waals surface area (Å²) in [5.74, 6) is 0.131. The fraction of sp³-hybridized carbons (Fsp3) is 0.588. The molecule has 122 valence electrons. The van der Waals surface area contributed by atoms with Crippen molar-refractivity contribution in [1.82, 2.24) is 4.90 Å². The zero-order chi connectivity index (χ0) is 15.8. The van der Waals surface area contributed by atoms with Crippen LogP contribution in [0.2, 0.25) is 0 Å². The number of phenolic OH excluding ortho intramolecular Hbond substituents is 1. The van der Waals surface area contributed by atoms with Gasteiger partial charge in [-0.3, -0.25) is 4.79 Å². The number of phenols is 1. The van der Waals surface area contributed by atoms with E-state index >= 15 is 0 Å². The Morgan fingerprint density at radius 2 is 1.91 bits per heavy atom. The first-order valence-electron chi connectivity index (χ1n) is 8.13. The number of unbranched alkanes of at least 4 members (excludes halogenated alkanes) is 2. The average molecular weight is 306 g/mol. The van der Waals surface area contributed by atoms with E-state index in [1.807, 2.05) is 0 Å². The van der Waals surface area contributed by atoms with Gasteiger partial charge < -0.3 is 20.4 Å². The topological polar surface area (TPSA) is 72.8 Å². The van der Waals surface area contributed by atoms with Crippen molar-refractivity contribution in [3.8, 4) is 5.75 Å². The minimum atomic E-state index is 0.00132. The van der Waals surface area contributed by atoms with E-state index in [0.29, 0.717) is 5.69 Å². The normalized spacial score (nSPS) is 16.6. The minimum absolute atomic E-state index is 0.00132. The molecule has 0 spiro atoms. The van der Waals surface area contributed by atoms with Gasteiger partial charge in [-0.1, -0.05) is 12.1 Å². The molecule has 0 bridgehead atoms. The Morgan fingerprint density at radius 1 is 1.18 bits per heavy atom. The standard InChI is InChI=1S/C17H26N2O3/c20-13-5-1-4-10-19-11-8-14(9-12-19)17(22)18-15-6-2-3-7-16(15)21/h2-3,6-7,14,20-21H,1,4-5,8-13H2,(H,18,22). The molecule has 0 aliphatic carbocycles. The number of anilines is 1. The maximum Gasteiger partial charge on any atom is 0.227 e. The van der Waals surface area contributed by atoms with Gasteiger partial charge in [-0.25, -0.2) is 0 Å². The molecule has 1 heterocycles. The van der Waals surface area contributed by atoms with E-state index in [-0.39, 0.29) is 24.2 Å². The number of carbonyl (C=O) groups is 1. The molecule has 1 aromatic rings. The molecule has 22 heavy (non-hydrogen) atoms. The quantitative estimate of drug-likeness (QED) is 0.533. The van der Waals surface area contributed by atoms with Crippen LogP contribution in [0, 0.1) is 5.92 Å². The highest BCUT2D eigenvalue weighted by molar-refractivity contribution is 5.93. The van der Waals surface area contributed by atoms with Crippen molar-refractivity contribution in [3.05, 3.63) is 24.3 Å². The Kier molecular flexibility index (Phi) is 6.68. The van der Waals surface area contributed by atoms with Crippen LogP contribution < -0.4 is 5.32 Å². The molecule has 0 atom stereocenters. The Bertz CT molecular complexity index is 471. The third kappa shape index (κ3) is 5.00. The van der Waals surface area contributed by atoms with Crippen LogP contribution in [0.15, 0.2) is 24.3 Å². The highest BCUT2D eigenvalue weighted by atomic mass is 16.3. The number of hydrogen-bond donors (Lipinski definition) is 3. The highest BCUT2D eigenvalue weighted by Gasteiger charge is 2.25. The second-order valence-electron chi connectivity index (χ2n) is 5.91. The molecule has 1 amide bonds. The number of benzene rings is 1. The van der Waals surface area contributed by atoms with E-state index in [9.17, 15) is 9.90 Å². The predicted molar refractivity (Wildman–Crippen MR) is 86.8 cm³/mol. The fourth-order valence-electron chi connectivity index (χ4n) is 2.86. The Hall–Kier alpha value is -1.59. The molecule has 1 aromatic carbocycles. The lowest BCUT2D eigenvalue weighted by Gasteiger charge is -2.31. The van der Waals surface area contributed by atoms with Crippen molar-refractivity contribution in [2.75, 3.05) is 31.6 Å². The fourth-order valence-corrected chi connectivity index (χ4v) is 2.86. The minimum Gasteiger partial charge on any atom is -0.506 e. The number of hydrogen-bond acceptors (Lipinski definition) is 4. The molecular weight excluding hydrogens is 280 g/mol. The molecule has 2 rings (SSSR count). The Balaban J connectivity index is 1.72. The molecule has 0 unspecified atom stereocenters. The van der Waals surface area contributed by atoms with Crippen molar-refractivity contribution in [1.29, 1.82) is 0 Å². The number of para-hydroxylation sites is 2. The van der Waals surface area contributed by atoms with Crippen LogP contribution in [0.3, 0.4) is 0 Å². The molecule has 1 aliphatic rings. The summed E-state index contributed by atoms with van der Waals surface area (Å²) in [6.07, 6.45) is 4.76. The maximum atomic E-state index is 12.3. The van der Waals surface area contributed by atoms with Crippen LogP contribution in [0.1, 0.15) is 32.1 Å². The number of amides is 1. The van der Waals surface area contributed by atoms with Gasteiger partial charge in [0.2, 0.25) is 5.91 Å². The van der Waals surface area contributed by atoms with Gasteiger partial charge in [0, 0.05) is 12.5 Å². The van der Waals surface area contributed by atoms with Crippen LogP contribution in [0.5, 0.6) is 5.75 Å². The van der Waals surface area contributed by atoms with Crippen LogP contribution in [0.4, 0.5) is 5.69 Å². The van der Waals surface area contributed by atoms with Gasteiger partial charge in [-0.2, -0.15) is 0 Å². The highest BCUT2D eigenvalue weighted by Crippen LogP contribution is 2.24. The second-order valence-corrected chi connectivity index (χ2v) is 5.91. The average Bonchev–Trinajstić information content (AvgIpc) is 2.54. The molecule has 5 heteroatoms. The van der Waals surface area contributed by atoms with Crippen molar-refractivity contribution in [3.63, 3.8) is 0 Å². The number of rotatable bonds is 7. The monoisotopic (exact) mass is 306 g/mol. The summed E-state index contributed by atoms with van der Waals surface area (Å²) in [6.45, 7) is 3.21. The smallest absolute Gasteiger partial charge is 0.227 e. The number of aromatic hydroxyl groups is 1. The molecular formula is C17H26N2O3. The molecule has 5 nitrogen and oxygen atoms in total. The lowest BCUT2D eigenvalue weighted by atomic mass is 9.95. The summed E-state index contributed by atoms with van der Waals surface area (Å²) >= 11 is 0. The van der Waals surface area contributed by atoms with Crippen LogP contribution in [0.25, 0.3) is 0 Å². The maximum absolute atomic E-state index is 12.3. The van der Waals surface area contributed by atoms with E-state index in [0.717, 1.165) is 51.7 Å². The molecule has 1 saturated heterocycles. The SMILES string of the molecule is O=C(Nc1ccccc1O)C1CCN(CCCCCO)CC1. The zero-order valence-electron chi connectivity index (χ0n) is 13.0. The Labute approximate surface area is 131 Å². The number of aliphatic hydroxyl groups is 1. The van der Waals surface area contributed by atoms with E-state index in [2.05, 4.69) is 10.2 Å². The van der Waals surface area contributed by atoms with Crippen LogP contribution in [-0.2, 0) is 4.79 Å². The van der Waals surface area contributed by atoms with Gasteiger partial charge in [0.15, 0.2) is 0 Å². The lowest BCUT2D eigenvalue weighted by molar-refractivity contribution is -0.121. The predicted octanol–water partition coefficient (Wildman–Crippen LogP) is 2.21. The third-order valence-electron chi connectivity index (χ3n) is 4.25. The molecule has 1 fully saturated rings. The number of likely N-dealkylation sites (tertiary alicyclic amines) is 1. The van der Waals surface area contributed by atoms with Crippen molar-refractivity contribution in [2.45, 2.75) is 32.1 Å². The third-order valence-corrected chi connectivity index (χ3v) is 4.25. The summed E-state index contributed by atoms with van der Waals surface area (Å²) < 4.78 is 0. The van der Waals surface area contributed by atoms with Gasteiger partial charge >= 0.3 is 0 Å². The van der Waals surface area contributed by atoms with Crippen molar-refractivity contribution < 1.29 is 15.0 Å². The van der Waals surface area contributed by atoms with Gasteiger partial charge in [-0.15, -0.1) is 0 Å². The molecule has 3 N–H and O–H groups in total. The van der Waals surface area contributed by atoms with Gasteiger partial charge in [0.25, 0.3) is 0 Å². The summed E-state index contributed by atoms with van der Waals surface area (Å²) in [5, 5.41) is 21.3. The molecule has 0 aromatic heterocycles. The van der Waals surface area contributed by atoms with Crippen LogP contribution >= 0.6 is 0 Å². The van der Waals surface area contributed by atoms with Crippen molar-refractivity contribution >= 4 is 11.6 Å². The number of aliphatic hydroxyl groups excluding tert-OH is 1. The summed E-state index contributed by atoms with van der Waals surface area (Å²) in [7, 11) is 0. The lowest BCUT2D eigenvalue weighted by Crippen LogP contribution is -2.38. The first kappa shape index (κ1) is 16.8. The summed E-state index contributed by atoms with van der Waals surface area (Å²) in [4.78, 5) is 14.6. The Morgan fingerprint density at radius 3 is 2.59 bits per heavy atom. The van der Waals surface area contributed by atoms with Crippen LogP contribution in [-0.4, -0.2) is 47.3 Å². The number of carbonyl (C=O) groups excluding carboxylic acids is 1. The van der Waals surface area contributed by atoms with Gasteiger partial charge in [-0.05, 0) is 63.9 Å². The van der Waals surface area contributed by atoms with Gasteiger partial charge in [0.05, 0.1) is 5.69 Å². The number of nitrogens with one attached hydrogen (secondary N) is 1. The first-order valence-corrected chi connectivity index (χ1v) is 8.13.